The SMILES string of the molecule is Cl.[N-]=[N+]=NCC1(C2CCNCC2)CC1. The number of nitrogens with zero attached hydrogens (tertiary/aromatic N) is 3. The molecule has 0 aromatic carbocycles. The third-order valence-electron chi connectivity index (χ3n) is 3.55. The van der Waals surface area contributed by atoms with E-state index in [9.17, 15) is 0 Å². The Balaban J connectivity index is 0.000000980. The Morgan fingerprint density at radius 1 is 1.36 bits per heavy atom. The van der Waals surface area contributed by atoms with Crippen LogP contribution in [0.25, 0.3) is 10.4 Å². The smallest absolute Gasteiger partial charge is 0.0317 e. The maximum atomic E-state index is 8.30. The normalized spacial score (nSPS) is 24.6. The summed E-state index contributed by atoms with van der Waals surface area (Å²) >= 11 is 0. The highest BCUT2D eigenvalue weighted by Crippen LogP contribution is 2.54. The molecule has 1 saturated heterocycles. The van der Waals surface area contributed by atoms with Crippen LogP contribution < -0.4 is 5.32 Å². The molecule has 0 unspecified atom stereocenters. The second-order valence-electron chi connectivity index (χ2n) is 4.28. The van der Waals surface area contributed by atoms with Crippen LogP contribution in [0.5, 0.6) is 0 Å². The van der Waals surface area contributed by atoms with Crippen molar-refractivity contribution in [3.05, 3.63) is 10.4 Å². The number of halogens is 1. The Morgan fingerprint density at radius 3 is 2.50 bits per heavy atom. The minimum Gasteiger partial charge on any atom is -0.317 e. The molecule has 2 rings (SSSR count). The molecule has 0 amide bonds. The zero-order valence-corrected chi connectivity index (χ0v) is 9.09. The summed E-state index contributed by atoms with van der Waals surface area (Å²) < 4.78 is 0. The van der Waals surface area contributed by atoms with E-state index in [1.165, 1.54) is 25.7 Å². The molecule has 0 aromatic heterocycles. The lowest BCUT2D eigenvalue weighted by Crippen LogP contribution is -2.33. The van der Waals surface area contributed by atoms with Crippen molar-refractivity contribution >= 4 is 12.4 Å². The van der Waals surface area contributed by atoms with Gasteiger partial charge < -0.3 is 5.32 Å². The van der Waals surface area contributed by atoms with Gasteiger partial charge in [0, 0.05) is 11.5 Å². The molecule has 0 bridgehead atoms. The van der Waals surface area contributed by atoms with E-state index in [-0.39, 0.29) is 12.4 Å². The third kappa shape index (κ3) is 2.32. The van der Waals surface area contributed by atoms with E-state index in [4.69, 9.17) is 5.53 Å². The molecule has 1 heterocycles. The van der Waals surface area contributed by atoms with Crippen LogP contribution in [0, 0.1) is 11.3 Å². The van der Waals surface area contributed by atoms with Gasteiger partial charge in [-0.2, -0.15) is 0 Å². The maximum Gasteiger partial charge on any atom is 0.0317 e. The molecule has 1 aliphatic carbocycles. The molecule has 2 aliphatic rings. The predicted octanol–water partition coefficient (Wildman–Crippen LogP) is 2.50. The van der Waals surface area contributed by atoms with Crippen LogP contribution in [0.4, 0.5) is 0 Å². The van der Waals surface area contributed by atoms with Crippen LogP contribution in [-0.4, -0.2) is 19.6 Å². The van der Waals surface area contributed by atoms with Crippen molar-refractivity contribution in [1.29, 1.82) is 0 Å². The summed E-state index contributed by atoms with van der Waals surface area (Å²) in [6, 6.07) is 0. The molecular weight excluding hydrogens is 200 g/mol. The molecule has 1 N–H and O–H groups in total. The first-order chi connectivity index (χ1) is 6.37. The van der Waals surface area contributed by atoms with Crippen molar-refractivity contribution < 1.29 is 0 Å². The third-order valence-corrected chi connectivity index (χ3v) is 3.55. The average Bonchev–Trinajstić information content (AvgIpc) is 2.97. The molecule has 0 aromatic rings. The minimum atomic E-state index is 0. The van der Waals surface area contributed by atoms with E-state index >= 15 is 0 Å². The lowest BCUT2D eigenvalue weighted by Gasteiger charge is -2.29. The summed E-state index contributed by atoms with van der Waals surface area (Å²) in [6.07, 6.45) is 5.08. The van der Waals surface area contributed by atoms with Crippen molar-refractivity contribution in [3.8, 4) is 0 Å². The number of piperidine rings is 1. The second-order valence-corrected chi connectivity index (χ2v) is 4.28. The van der Waals surface area contributed by atoms with Gasteiger partial charge in [-0.25, -0.2) is 0 Å². The fourth-order valence-electron chi connectivity index (χ4n) is 2.46. The van der Waals surface area contributed by atoms with Gasteiger partial charge in [0.2, 0.25) is 0 Å². The first-order valence-corrected chi connectivity index (χ1v) is 5.09. The quantitative estimate of drug-likeness (QED) is 0.440. The van der Waals surface area contributed by atoms with Gasteiger partial charge in [-0.05, 0) is 55.6 Å². The van der Waals surface area contributed by atoms with Gasteiger partial charge in [-0.3, -0.25) is 0 Å². The van der Waals surface area contributed by atoms with Gasteiger partial charge in [-0.1, -0.05) is 5.11 Å². The zero-order chi connectivity index (χ0) is 9.15. The monoisotopic (exact) mass is 216 g/mol. The van der Waals surface area contributed by atoms with Gasteiger partial charge in [-0.15, -0.1) is 12.4 Å². The first-order valence-electron chi connectivity index (χ1n) is 5.09. The molecule has 0 atom stereocenters. The van der Waals surface area contributed by atoms with E-state index in [2.05, 4.69) is 15.3 Å². The van der Waals surface area contributed by atoms with E-state index in [1.54, 1.807) is 0 Å². The number of rotatable bonds is 3. The Morgan fingerprint density at radius 2 is 2.00 bits per heavy atom. The highest BCUT2D eigenvalue weighted by molar-refractivity contribution is 5.85. The van der Waals surface area contributed by atoms with Crippen LogP contribution in [0.3, 0.4) is 0 Å². The summed E-state index contributed by atoms with van der Waals surface area (Å²) in [5.74, 6) is 0.805. The van der Waals surface area contributed by atoms with Crippen LogP contribution in [0.2, 0.25) is 0 Å². The Hall–Kier alpha value is -0.440. The van der Waals surface area contributed by atoms with Crippen molar-refractivity contribution in [1.82, 2.24) is 5.32 Å². The standard InChI is InChI=1S/C9H16N4.ClH/c10-13-12-7-9(3-4-9)8-1-5-11-6-2-8;/h8,11H,1-7H2;1H. The van der Waals surface area contributed by atoms with E-state index in [1.807, 2.05) is 0 Å². The second kappa shape index (κ2) is 4.87. The Labute approximate surface area is 90.5 Å². The van der Waals surface area contributed by atoms with Crippen LogP contribution >= 0.6 is 12.4 Å². The summed E-state index contributed by atoms with van der Waals surface area (Å²) in [6.45, 7) is 3.01. The highest BCUT2D eigenvalue weighted by Gasteiger charge is 2.48. The van der Waals surface area contributed by atoms with Crippen molar-refractivity contribution in [3.63, 3.8) is 0 Å². The van der Waals surface area contributed by atoms with Crippen LogP contribution in [-0.2, 0) is 0 Å². The van der Waals surface area contributed by atoms with Crippen LogP contribution in [0.1, 0.15) is 25.7 Å². The average molecular weight is 217 g/mol. The highest BCUT2D eigenvalue weighted by atomic mass is 35.5. The summed E-state index contributed by atoms with van der Waals surface area (Å²) in [5, 5.41) is 7.11. The molecule has 0 radical (unpaired) electrons. The minimum absolute atomic E-state index is 0. The summed E-state index contributed by atoms with van der Waals surface area (Å²) in [4.78, 5) is 2.87. The lowest BCUT2D eigenvalue weighted by molar-refractivity contribution is 0.244. The van der Waals surface area contributed by atoms with Gasteiger partial charge in [0.05, 0.1) is 0 Å². The van der Waals surface area contributed by atoms with Gasteiger partial charge in [0.25, 0.3) is 0 Å². The van der Waals surface area contributed by atoms with Gasteiger partial charge >= 0.3 is 0 Å². The molecule has 1 saturated carbocycles. The number of hydrogen-bond donors (Lipinski definition) is 1. The molecule has 2 fully saturated rings. The van der Waals surface area contributed by atoms with Crippen molar-refractivity contribution in [2.24, 2.45) is 16.4 Å². The summed E-state index contributed by atoms with van der Waals surface area (Å²) in [5.41, 5.74) is 8.71. The largest absolute Gasteiger partial charge is 0.317 e. The summed E-state index contributed by atoms with van der Waals surface area (Å²) in [7, 11) is 0. The maximum absolute atomic E-state index is 8.30. The molecule has 5 heteroatoms. The fraction of sp³-hybridized carbons (Fsp3) is 1.00. The topological polar surface area (TPSA) is 60.8 Å². The Bertz CT molecular complexity index is 227. The van der Waals surface area contributed by atoms with Gasteiger partial charge in [0.15, 0.2) is 0 Å². The van der Waals surface area contributed by atoms with E-state index < -0.39 is 0 Å². The molecule has 1 aliphatic heterocycles. The fourth-order valence-corrected chi connectivity index (χ4v) is 2.46. The Kier molecular flexibility index (Phi) is 4.05. The molecule has 14 heavy (non-hydrogen) atoms. The number of nitrogens with one attached hydrogen (secondary N) is 1. The number of azide groups is 1. The first kappa shape index (κ1) is 11.6. The van der Waals surface area contributed by atoms with E-state index in [0.29, 0.717) is 5.41 Å². The van der Waals surface area contributed by atoms with Crippen molar-refractivity contribution in [2.75, 3.05) is 19.6 Å². The predicted molar refractivity (Wildman–Crippen MR) is 58.5 cm³/mol. The lowest BCUT2D eigenvalue weighted by atomic mass is 9.82. The van der Waals surface area contributed by atoms with Gasteiger partial charge in [0.1, 0.15) is 0 Å². The molecular formula is C9H17ClN4. The molecule has 4 nitrogen and oxygen atoms in total. The van der Waals surface area contributed by atoms with Crippen molar-refractivity contribution in [2.45, 2.75) is 25.7 Å². The zero-order valence-electron chi connectivity index (χ0n) is 8.28. The molecule has 80 valence electrons. The molecule has 0 spiro atoms. The van der Waals surface area contributed by atoms with E-state index in [0.717, 1.165) is 25.6 Å². The van der Waals surface area contributed by atoms with Crippen LogP contribution in [0.15, 0.2) is 5.11 Å². The number of hydrogen-bond acceptors (Lipinski definition) is 2.